The highest BCUT2D eigenvalue weighted by Gasteiger charge is 2.07. The lowest BCUT2D eigenvalue weighted by Gasteiger charge is -1.92. The Kier molecular flexibility index (Phi) is 3.78. The molecule has 11 heavy (non-hydrogen) atoms. The number of carboxylic acid groups (broad SMARTS) is 1. The second-order valence-corrected chi connectivity index (χ2v) is 1.90. The summed E-state index contributed by atoms with van der Waals surface area (Å²) in [6, 6.07) is 1.29. The molecular weight excluding hydrogens is 191 g/mol. The Morgan fingerprint density at radius 1 is 1.64 bits per heavy atom. The second kappa shape index (κ2) is 4.10. The van der Waals surface area contributed by atoms with Gasteiger partial charge in [0.1, 0.15) is 5.56 Å². The van der Waals surface area contributed by atoms with Crippen LogP contribution < -0.4 is 0 Å². The molecule has 6 heteroatoms. The molecule has 4 nitrogen and oxygen atoms in total. The molecule has 0 saturated carbocycles. The number of hydrogen-bond donors (Lipinski definition) is 1. The zero-order valence-corrected chi connectivity index (χ0v) is 6.76. The molecule has 0 aliphatic rings. The van der Waals surface area contributed by atoms with Crippen molar-refractivity contribution >= 4 is 30.0 Å². The van der Waals surface area contributed by atoms with E-state index >= 15 is 0 Å². The minimum absolute atomic E-state index is 0. The largest absolute Gasteiger partial charge is 0.478 e. The summed E-state index contributed by atoms with van der Waals surface area (Å²) in [7, 11) is 0. The van der Waals surface area contributed by atoms with Gasteiger partial charge in [0.2, 0.25) is 0 Å². The summed E-state index contributed by atoms with van der Waals surface area (Å²) in [4.78, 5) is 10.3. The van der Waals surface area contributed by atoms with Gasteiger partial charge in [-0.25, -0.2) is 4.79 Å². The van der Waals surface area contributed by atoms with Crippen LogP contribution in [0.25, 0.3) is 0 Å². The summed E-state index contributed by atoms with van der Waals surface area (Å²) in [5, 5.41) is 15.0. The summed E-state index contributed by atoms with van der Waals surface area (Å²) in [6.45, 7) is 0. The van der Waals surface area contributed by atoms with Gasteiger partial charge in [0, 0.05) is 0 Å². The maximum absolute atomic E-state index is 10.3. The van der Waals surface area contributed by atoms with Crippen LogP contribution in [0.5, 0.6) is 0 Å². The lowest BCUT2D eigenvalue weighted by Crippen LogP contribution is -1.99. The fraction of sp³-hybridized carbons (Fsp3) is 0. The molecule has 1 heterocycles. The average Bonchev–Trinajstić information content (AvgIpc) is 1.88. The standard InChI is InChI=1S/C5H3ClN2O2.ClH/c6-4-3(5(9)10)1-2-7-8-4;/h1-2H,(H,9,10);1H. The molecule has 0 aromatic carbocycles. The smallest absolute Gasteiger partial charge is 0.338 e. The van der Waals surface area contributed by atoms with Gasteiger partial charge < -0.3 is 5.11 Å². The second-order valence-electron chi connectivity index (χ2n) is 1.54. The van der Waals surface area contributed by atoms with E-state index in [4.69, 9.17) is 16.7 Å². The SMILES string of the molecule is Cl.O=C(O)c1ccnnc1Cl. The van der Waals surface area contributed by atoms with Gasteiger partial charge in [0.15, 0.2) is 5.15 Å². The Bertz CT molecular complexity index is 266. The van der Waals surface area contributed by atoms with E-state index in [1.165, 1.54) is 12.3 Å². The molecule has 1 rings (SSSR count). The van der Waals surface area contributed by atoms with Gasteiger partial charge in [-0.2, -0.15) is 5.10 Å². The first-order valence-corrected chi connectivity index (χ1v) is 2.80. The van der Waals surface area contributed by atoms with Crippen LogP contribution in [-0.4, -0.2) is 21.3 Å². The molecule has 0 atom stereocenters. The predicted octanol–water partition coefficient (Wildman–Crippen LogP) is 1.25. The number of rotatable bonds is 1. The van der Waals surface area contributed by atoms with E-state index in [2.05, 4.69) is 10.2 Å². The number of nitrogens with zero attached hydrogens (tertiary/aromatic N) is 2. The fourth-order valence-corrected chi connectivity index (χ4v) is 0.662. The molecule has 0 unspecified atom stereocenters. The normalized spacial score (nSPS) is 8.45. The highest BCUT2D eigenvalue weighted by atomic mass is 35.5. The quantitative estimate of drug-likeness (QED) is 0.732. The van der Waals surface area contributed by atoms with Crippen molar-refractivity contribution in [2.45, 2.75) is 0 Å². The number of hydrogen-bond acceptors (Lipinski definition) is 3. The Balaban J connectivity index is 0.000001000. The number of halogens is 2. The highest BCUT2D eigenvalue weighted by molar-refractivity contribution is 6.32. The van der Waals surface area contributed by atoms with Crippen LogP contribution in [0, 0.1) is 0 Å². The molecule has 0 fully saturated rings. The van der Waals surface area contributed by atoms with Gasteiger partial charge in [-0.05, 0) is 6.07 Å². The van der Waals surface area contributed by atoms with Crippen molar-refractivity contribution in [3.8, 4) is 0 Å². The maximum Gasteiger partial charge on any atom is 0.338 e. The molecule has 1 aromatic rings. The first-order chi connectivity index (χ1) is 4.72. The van der Waals surface area contributed by atoms with Crippen molar-refractivity contribution in [3.05, 3.63) is 23.0 Å². The molecule has 0 spiro atoms. The summed E-state index contributed by atoms with van der Waals surface area (Å²) in [5.41, 5.74) is -0.0309. The Hall–Kier alpha value is -0.870. The van der Waals surface area contributed by atoms with Crippen LogP contribution in [0.2, 0.25) is 5.15 Å². The van der Waals surface area contributed by atoms with Gasteiger partial charge in [-0.15, -0.1) is 17.5 Å². The maximum atomic E-state index is 10.3. The molecule has 1 N–H and O–H groups in total. The lowest BCUT2D eigenvalue weighted by atomic mass is 10.3. The van der Waals surface area contributed by atoms with Gasteiger partial charge in [0.05, 0.1) is 6.20 Å². The molecule has 0 saturated heterocycles. The molecule has 0 aliphatic carbocycles. The van der Waals surface area contributed by atoms with Gasteiger partial charge in [-0.3, -0.25) is 0 Å². The molecule has 0 radical (unpaired) electrons. The number of aromatic nitrogens is 2. The first-order valence-electron chi connectivity index (χ1n) is 2.42. The Morgan fingerprint density at radius 3 is 2.64 bits per heavy atom. The zero-order valence-electron chi connectivity index (χ0n) is 5.19. The molecule has 0 aliphatic heterocycles. The lowest BCUT2D eigenvalue weighted by molar-refractivity contribution is 0.0696. The van der Waals surface area contributed by atoms with E-state index in [9.17, 15) is 4.79 Å². The van der Waals surface area contributed by atoms with Crippen molar-refractivity contribution in [2.24, 2.45) is 0 Å². The fourth-order valence-electron chi connectivity index (χ4n) is 0.474. The van der Waals surface area contributed by atoms with E-state index < -0.39 is 5.97 Å². The first kappa shape index (κ1) is 10.1. The highest BCUT2D eigenvalue weighted by Crippen LogP contribution is 2.08. The van der Waals surface area contributed by atoms with E-state index in [1.807, 2.05) is 0 Å². The van der Waals surface area contributed by atoms with Crippen LogP contribution in [0.4, 0.5) is 0 Å². The summed E-state index contributed by atoms with van der Waals surface area (Å²) < 4.78 is 0. The Morgan fingerprint density at radius 2 is 2.27 bits per heavy atom. The van der Waals surface area contributed by atoms with Crippen molar-refractivity contribution < 1.29 is 9.90 Å². The number of aromatic carboxylic acids is 1. The van der Waals surface area contributed by atoms with Gasteiger partial charge in [-0.1, -0.05) is 11.6 Å². The summed E-state index contributed by atoms with van der Waals surface area (Å²) in [5.74, 6) is -1.10. The third-order valence-electron chi connectivity index (χ3n) is 0.906. The average molecular weight is 195 g/mol. The Labute approximate surface area is 73.6 Å². The number of carboxylic acids is 1. The van der Waals surface area contributed by atoms with Crippen LogP contribution in [0.3, 0.4) is 0 Å². The van der Waals surface area contributed by atoms with Crippen molar-refractivity contribution in [1.82, 2.24) is 10.2 Å². The van der Waals surface area contributed by atoms with Crippen molar-refractivity contribution in [2.75, 3.05) is 0 Å². The molecule has 0 bridgehead atoms. The van der Waals surface area contributed by atoms with Crippen molar-refractivity contribution in [1.29, 1.82) is 0 Å². The third kappa shape index (κ3) is 2.32. The topological polar surface area (TPSA) is 63.1 Å². The van der Waals surface area contributed by atoms with Crippen LogP contribution >= 0.6 is 24.0 Å². The minimum Gasteiger partial charge on any atom is -0.478 e. The van der Waals surface area contributed by atoms with Crippen molar-refractivity contribution in [3.63, 3.8) is 0 Å². The molecule has 0 amide bonds. The molecule has 1 aromatic heterocycles. The minimum atomic E-state index is -1.10. The van der Waals surface area contributed by atoms with Gasteiger partial charge >= 0.3 is 5.97 Å². The van der Waals surface area contributed by atoms with E-state index in [1.54, 1.807) is 0 Å². The van der Waals surface area contributed by atoms with Crippen LogP contribution in [0.15, 0.2) is 12.3 Å². The monoisotopic (exact) mass is 194 g/mol. The molecule has 60 valence electrons. The zero-order chi connectivity index (χ0) is 7.56. The van der Waals surface area contributed by atoms with E-state index in [-0.39, 0.29) is 23.1 Å². The van der Waals surface area contributed by atoms with E-state index in [0.29, 0.717) is 0 Å². The van der Waals surface area contributed by atoms with Gasteiger partial charge in [0.25, 0.3) is 0 Å². The summed E-state index contributed by atoms with van der Waals surface area (Å²) in [6.07, 6.45) is 1.27. The third-order valence-corrected chi connectivity index (χ3v) is 1.19. The summed E-state index contributed by atoms with van der Waals surface area (Å²) >= 11 is 5.36. The predicted molar refractivity (Wildman–Crippen MR) is 41.2 cm³/mol. The van der Waals surface area contributed by atoms with Crippen LogP contribution in [-0.2, 0) is 0 Å². The molecular formula is C5H4Cl2N2O2. The van der Waals surface area contributed by atoms with E-state index in [0.717, 1.165) is 0 Å². The van der Waals surface area contributed by atoms with Crippen LogP contribution in [0.1, 0.15) is 10.4 Å². The number of carbonyl (C=O) groups is 1.